The smallest absolute Gasteiger partial charge is 0.271 e. The Morgan fingerprint density at radius 2 is 2.37 bits per heavy atom. The van der Waals surface area contributed by atoms with Crippen LogP contribution in [0.25, 0.3) is 0 Å². The van der Waals surface area contributed by atoms with Crippen molar-refractivity contribution in [3.63, 3.8) is 0 Å². The average Bonchev–Trinajstić information content (AvgIpc) is 2.97. The van der Waals surface area contributed by atoms with Gasteiger partial charge in [0, 0.05) is 18.9 Å². The van der Waals surface area contributed by atoms with Gasteiger partial charge in [0.1, 0.15) is 5.69 Å². The van der Waals surface area contributed by atoms with Crippen molar-refractivity contribution in [2.45, 2.75) is 38.8 Å². The van der Waals surface area contributed by atoms with Gasteiger partial charge in [-0.05, 0) is 19.8 Å². The molecule has 0 unspecified atom stereocenters. The molecule has 1 aliphatic rings. The van der Waals surface area contributed by atoms with Gasteiger partial charge in [0.25, 0.3) is 5.91 Å². The second-order valence-electron chi connectivity index (χ2n) is 4.53. The maximum atomic E-state index is 12.0. The van der Waals surface area contributed by atoms with Crippen LogP contribution < -0.4 is 10.6 Å². The number of ether oxygens (including phenoxy) is 1. The molecule has 1 fully saturated rings. The van der Waals surface area contributed by atoms with Crippen LogP contribution in [0.1, 0.15) is 37.2 Å². The first-order valence-electron chi connectivity index (χ1n) is 6.22. The van der Waals surface area contributed by atoms with Crippen LogP contribution in [-0.2, 0) is 9.53 Å². The second-order valence-corrected chi connectivity index (χ2v) is 5.39. The molecule has 104 valence electrons. The summed E-state index contributed by atoms with van der Waals surface area (Å²) in [4.78, 5) is 26.9. The molecular weight excluding hydrogens is 266 g/mol. The average molecular weight is 283 g/mol. The number of thiazole rings is 1. The predicted octanol–water partition coefficient (Wildman–Crippen LogP) is 1.40. The summed E-state index contributed by atoms with van der Waals surface area (Å²) in [5.41, 5.74) is 0.318. The fraction of sp³-hybridized carbons (Fsp3) is 0.583. The number of aromatic nitrogens is 1. The number of hydrogen-bond acceptors (Lipinski definition) is 5. The van der Waals surface area contributed by atoms with Gasteiger partial charge in [-0.1, -0.05) is 0 Å². The van der Waals surface area contributed by atoms with Crippen molar-refractivity contribution in [2.24, 2.45) is 0 Å². The van der Waals surface area contributed by atoms with E-state index in [1.54, 1.807) is 5.38 Å². The molecule has 2 amide bonds. The number of amides is 2. The Balaban J connectivity index is 1.91. The molecule has 0 aliphatic carbocycles. The lowest BCUT2D eigenvalue weighted by atomic mass is 10.1. The number of nitrogens with one attached hydrogen (secondary N) is 2. The molecule has 7 heteroatoms. The van der Waals surface area contributed by atoms with Crippen LogP contribution in [0.5, 0.6) is 0 Å². The topological polar surface area (TPSA) is 80.3 Å². The lowest BCUT2D eigenvalue weighted by molar-refractivity contribution is -0.114. The molecule has 1 saturated heterocycles. The number of carbonyl (C=O) groups is 2. The number of anilines is 1. The summed E-state index contributed by atoms with van der Waals surface area (Å²) in [5, 5.41) is 7.49. The molecule has 0 spiro atoms. The summed E-state index contributed by atoms with van der Waals surface area (Å²) in [7, 11) is 0. The van der Waals surface area contributed by atoms with E-state index in [2.05, 4.69) is 15.6 Å². The van der Waals surface area contributed by atoms with E-state index in [9.17, 15) is 9.59 Å². The largest absolute Gasteiger partial charge is 0.376 e. The molecule has 19 heavy (non-hydrogen) atoms. The van der Waals surface area contributed by atoms with E-state index in [0.717, 1.165) is 19.4 Å². The Bertz CT molecular complexity index is 469. The molecule has 6 nitrogen and oxygen atoms in total. The molecular formula is C12H17N3O3S. The first kappa shape index (κ1) is 14.0. The van der Waals surface area contributed by atoms with Gasteiger partial charge in [0.05, 0.1) is 12.1 Å². The van der Waals surface area contributed by atoms with E-state index < -0.39 is 0 Å². The van der Waals surface area contributed by atoms with Crippen LogP contribution in [0.2, 0.25) is 0 Å². The summed E-state index contributed by atoms with van der Waals surface area (Å²) in [5.74, 6) is -0.440. The van der Waals surface area contributed by atoms with Crippen LogP contribution in [0, 0.1) is 0 Å². The third kappa shape index (κ3) is 3.74. The Morgan fingerprint density at radius 3 is 3.00 bits per heavy atom. The molecule has 2 rings (SSSR count). The van der Waals surface area contributed by atoms with E-state index in [0.29, 0.717) is 10.8 Å². The Labute approximate surface area is 115 Å². The van der Waals surface area contributed by atoms with Gasteiger partial charge in [0.15, 0.2) is 5.13 Å². The van der Waals surface area contributed by atoms with Crippen molar-refractivity contribution >= 4 is 28.3 Å². The highest BCUT2D eigenvalue weighted by Gasteiger charge is 2.24. The van der Waals surface area contributed by atoms with Crippen molar-refractivity contribution in [1.82, 2.24) is 10.3 Å². The minimum absolute atomic E-state index is 0.0408. The first-order chi connectivity index (χ1) is 9.06. The van der Waals surface area contributed by atoms with Crippen molar-refractivity contribution in [2.75, 3.05) is 11.9 Å². The standard InChI is InChI=1S/C12H17N3O3S/c1-7(10-4-3-5-18-10)13-11(17)9-6-19-12(15-9)14-8(2)16/h6-7,10H,3-5H2,1-2H3,(H,13,17)(H,14,15,16)/t7-,10-/m1/s1. The van der Waals surface area contributed by atoms with E-state index in [4.69, 9.17) is 4.74 Å². The van der Waals surface area contributed by atoms with Crippen LogP contribution >= 0.6 is 11.3 Å². The van der Waals surface area contributed by atoms with Crippen molar-refractivity contribution < 1.29 is 14.3 Å². The summed E-state index contributed by atoms with van der Waals surface area (Å²) in [6.45, 7) is 4.09. The highest BCUT2D eigenvalue weighted by atomic mass is 32.1. The van der Waals surface area contributed by atoms with E-state index >= 15 is 0 Å². The summed E-state index contributed by atoms with van der Waals surface area (Å²) in [6, 6.07) is -0.0408. The third-order valence-electron chi connectivity index (χ3n) is 2.90. The van der Waals surface area contributed by atoms with Crippen molar-refractivity contribution in [3.8, 4) is 0 Å². The molecule has 0 saturated carbocycles. The van der Waals surface area contributed by atoms with E-state index in [1.807, 2.05) is 6.92 Å². The van der Waals surface area contributed by atoms with Gasteiger partial charge >= 0.3 is 0 Å². The minimum atomic E-state index is -0.240. The number of hydrogen-bond donors (Lipinski definition) is 2. The molecule has 1 aromatic heterocycles. The lowest BCUT2D eigenvalue weighted by Crippen LogP contribution is -2.40. The van der Waals surface area contributed by atoms with Gasteiger partial charge in [-0.3, -0.25) is 9.59 Å². The minimum Gasteiger partial charge on any atom is -0.376 e. The van der Waals surface area contributed by atoms with Crippen LogP contribution in [0.3, 0.4) is 0 Å². The maximum Gasteiger partial charge on any atom is 0.271 e. The van der Waals surface area contributed by atoms with Crippen LogP contribution in [-0.4, -0.2) is 35.6 Å². The molecule has 0 aromatic carbocycles. The number of carbonyl (C=O) groups excluding carboxylic acids is 2. The summed E-state index contributed by atoms with van der Waals surface area (Å²) < 4.78 is 5.52. The fourth-order valence-corrected chi connectivity index (χ4v) is 2.69. The van der Waals surface area contributed by atoms with Crippen LogP contribution in [0.4, 0.5) is 5.13 Å². The Kier molecular flexibility index (Phi) is 4.49. The van der Waals surface area contributed by atoms with Crippen LogP contribution in [0.15, 0.2) is 5.38 Å². The number of rotatable bonds is 4. The molecule has 0 radical (unpaired) electrons. The summed E-state index contributed by atoms with van der Waals surface area (Å²) in [6.07, 6.45) is 2.08. The zero-order valence-electron chi connectivity index (χ0n) is 10.9. The van der Waals surface area contributed by atoms with Crippen molar-refractivity contribution in [3.05, 3.63) is 11.1 Å². The SMILES string of the molecule is CC(=O)Nc1nc(C(=O)N[C@H](C)[C@H]2CCCO2)cs1. The van der Waals surface area contributed by atoms with Crippen molar-refractivity contribution in [1.29, 1.82) is 0 Å². The monoisotopic (exact) mass is 283 g/mol. The van der Waals surface area contributed by atoms with Gasteiger partial charge in [0.2, 0.25) is 5.91 Å². The lowest BCUT2D eigenvalue weighted by Gasteiger charge is -2.19. The van der Waals surface area contributed by atoms with Gasteiger partial charge in [-0.15, -0.1) is 11.3 Å². The highest BCUT2D eigenvalue weighted by molar-refractivity contribution is 7.14. The Hall–Kier alpha value is -1.47. The van der Waals surface area contributed by atoms with E-state index in [1.165, 1.54) is 18.3 Å². The fourth-order valence-electron chi connectivity index (χ4n) is 1.96. The molecule has 2 N–H and O–H groups in total. The molecule has 0 bridgehead atoms. The van der Waals surface area contributed by atoms with Gasteiger partial charge < -0.3 is 15.4 Å². The predicted molar refractivity (Wildman–Crippen MR) is 72.3 cm³/mol. The third-order valence-corrected chi connectivity index (χ3v) is 3.66. The Morgan fingerprint density at radius 1 is 1.58 bits per heavy atom. The maximum absolute atomic E-state index is 12.0. The number of nitrogens with zero attached hydrogens (tertiary/aromatic N) is 1. The molecule has 1 aliphatic heterocycles. The van der Waals surface area contributed by atoms with Gasteiger partial charge in [-0.25, -0.2) is 4.98 Å². The first-order valence-corrected chi connectivity index (χ1v) is 7.10. The normalized spacial score (nSPS) is 20.0. The molecule has 2 heterocycles. The molecule has 1 aromatic rings. The highest BCUT2D eigenvalue weighted by Crippen LogP contribution is 2.17. The van der Waals surface area contributed by atoms with Gasteiger partial charge in [-0.2, -0.15) is 0 Å². The quantitative estimate of drug-likeness (QED) is 0.875. The van der Waals surface area contributed by atoms with E-state index in [-0.39, 0.29) is 24.0 Å². The zero-order valence-corrected chi connectivity index (χ0v) is 11.8. The molecule has 2 atom stereocenters. The second kappa shape index (κ2) is 6.12. The zero-order chi connectivity index (χ0) is 13.8. The summed E-state index contributed by atoms with van der Waals surface area (Å²) >= 11 is 1.23.